The molecule has 4 nitrogen and oxygen atoms in total. The van der Waals surface area contributed by atoms with Gasteiger partial charge in [-0.3, -0.25) is 4.84 Å². The zero-order chi connectivity index (χ0) is 9.97. The fourth-order valence-electron chi connectivity index (χ4n) is 1.31. The third kappa shape index (κ3) is 1.64. The van der Waals surface area contributed by atoms with Gasteiger partial charge in [0.05, 0.1) is 0 Å². The standard InChI is InChI=1S/C10H7NO3/c12-11(13)14-10-6-5-8-3-1-2-4-9(8)7-10/h1-7H. The van der Waals surface area contributed by atoms with E-state index in [1.54, 1.807) is 18.2 Å². The number of rotatable bonds is 2. The van der Waals surface area contributed by atoms with Crippen molar-refractivity contribution in [2.45, 2.75) is 0 Å². The van der Waals surface area contributed by atoms with E-state index in [1.165, 1.54) is 0 Å². The van der Waals surface area contributed by atoms with E-state index >= 15 is 0 Å². The van der Waals surface area contributed by atoms with Crippen LogP contribution in [0.15, 0.2) is 42.5 Å². The number of nitrogens with zero attached hydrogens (tertiary/aromatic N) is 1. The lowest BCUT2D eigenvalue weighted by Crippen LogP contribution is -2.02. The summed E-state index contributed by atoms with van der Waals surface area (Å²) in [6, 6.07) is 12.6. The van der Waals surface area contributed by atoms with E-state index in [4.69, 9.17) is 0 Å². The van der Waals surface area contributed by atoms with Gasteiger partial charge in [0.25, 0.3) is 5.09 Å². The van der Waals surface area contributed by atoms with Crippen LogP contribution in [0, 0.1) is 10.1 Å². The van der Waals surface area contributed by atoms with Gasteiger partial charge in [0.2, 0.25) is 0 Å². The lowest BCUT2D eigenvalue weighted by Gasteiger charge is -2.00. The molecule has 0 aliphatic rings. The van der Waals surface area contributed by atoms with Crippen molar-refractivity contribution in [1.29, 1.82) is 0 Å². The van der Waals surface area contributed by atoms with E-state index in [0.29, 0.717) is 0 Å². The second kappa shape index (κ2) is 3.33. The largest absolute Gasteiger partial charge is 0.299 e. The quantitative estimate of drug-likeness (QED) is 0.538. The molecule has 0 atom stereocenters. The molecule has 0 amide bonds. The Bertz CT molecular complexity index is 482. The van der Waals surface area contributed by atoms with Gasteiger partial charge in [-0.05, 0) is 22.9 Å². The predicted octanol–water partition coefficient (Wildman–Crippen LogP) is 2.41. The Morgan fingerprint density at radius 3 is 2.50 bits per heavy atom. The SMILES string of the molecule is O=[N+]([O-])Oc1ccc2ccccc2c1. The highest BCUT2D eigenvalue weighted by Gasteiger charge is 1.99. The van der Waals surface area contributed by atoms with Crippen molar-refractivity contribution in [3.05, 3.63) is 52.6 Å². The van der Waals surface area contributed by atoms with Crippen LogP contribution in [0.25, 0.3) is 10.8 Å². The van der Waals surface area contributed by atoms with Crippen LogP contribution in [0.4, 0.5) is 0 Å². The number of hydrogen-bond acceptors (Lipinski definition) is 3. The monoisotopic (exact) mass is 189 g/mol. The van der Waals surface area contributed by atoms with Crippen molar-refractivity contribution in [1.82, 2.24) is 0 Å². The molecule has 0 aromatic heterocycles. The molecule has 0 unspecified atom stereocenters. The zero-order valence-corrected chi connectivity index (χ0v) is 7.21. The maximum Gasteiger partial charge on any atom is 0.299 e. The molecule has 0 heterocycles. The van der Waals surface area contributed by atoms with Crippen LogP contribution >= 0.6 is 0 Å². The Morgan fingerprint density at radius 1 is 1.07 bits per heavy atom. The summed E-state index contributed by atoms with van der Waals surface area (Å²) >= 11 is 0. The smallest absolute Gasteiger partial charge is 0.276 e. The summed E-state index contributed by atoms with van der Waals surface area (Å²) in [6.45, 7) is 0. The van der Waals surface area contributed by atoms with Gasteiger partial charge in [0.1, 0.15) is 5.75 Å². The Morgan fingerprint density at radius 2 is 1.79 bits per heavy atom. The van der Waals surface area contributed by atoms with Crippen molar-refractivity contribution in [3.63, 3.8) is 0 Å². The van der Waals surface area contributed by atoms with Crippen molar-refractivity contribution in [3.8, 4) is 5.75 Å². The summed E-state index contributed by atoms with van der Waals surface area (Å²) in [6.07, 6.45) is 0. The molecule has 0 aliphatic carbocycles. The van der Waals surface area contributed by atoms with E-state index < -0.39 is 5.09 Å². The molecule has 4 heteroatoms. The molecule has 2 rings (SSSR count). The van der Waals surface area contributed by atoms with E-state index in [1.807, 2.05) is 24.3 Å². The predicted molar refractivity (Wildman–Crippen MR) is 51.6 cm³/mol. The van der Waals surface area contributed by atoms with Crippen LogP contribution in [0.1, 0.15) is 0 Å². The first kappa shape index (κ1) is 8.50. The Kier molecular flexibility index (Phi) is 2.02. The molecule has 14 heavy (non-hydrogen) atoms. The molecule has 0 aliphatic heterocycles. The maximum atomic E-state index is 10.1. The summed E-state index contributed by atoms with van der Waals surface area (Å²) < 4.78 is 0. The Hall–Kier alpha value is -2.10. The van der Waals surface area contributed by atoms with Crippen LogP contribution < -0.4 is 4.84 Å². The highest BCUT2D eigenvalue weighted by atomic mass is 17.0. The second-order valence-electron chi connectivity index (χ2n) is 2.82. The van der Waals surface area contributed by atoms with Gasteiger partial charge in [-0.15, -0.1) is 10.1 Å². The lowest BCUT2D eigenvalue weighted by molar-refractivity contribution is -0.711. The average molecular weight is 189 g/mol. The number of hydrogen-bond donors (Lipinski definition) is 0. The molecule has 0 fully saturated rings. The highest BCUT2D eigenvalue weighted by molar-refractivity contribution is 5.83. The summed E-state index contributed by atoms with van der Waals surface area (Å²) in [4.78, 5) is 14.4. The van der Waals surface area contributed by atoms with Gasteiger partial charge in [0, 0.05) is 0 Å². The second-order valence-corrected chi connectivity index (χ2v) is 2.82. The number of benzene rings is 2. The molecule has 0 radical (unpaired) electrons. The number of fused-ring (bicyclic) bond motifs is 1. The Balaban J connectivity index is 2.46. The molecule has 0 N–H and O–H groups in total. The van der Waals surface area contributed by atoms with Crippen LogP contribution in [-0.2, 0) is 0 Å². The van der Waals surface area contributed by atoms with E-state index in [9.17, 15) is 10.1 Å². The highest BCUT2D eigenvalue weighted by Crippen LogP contribution is 2.20. The van der Waals surface area contributed by atoms with Gasteiger partial charge in [-0.1, -0.05) is 30.3 Å². The Labute approximate surface area is 79.8 Å². The van der Waals surface area contributed by atoms with Gasteiger partial charge in [-0.25, -0.2) is 0 Å². The lowest BCUT2D eigenvalue weighted by atomic mass is 10.1. The molecule has 0 bridgehead atoms. The molecule has 0 saturated heterocycles. The first-order valence-corrected chi connectivity index (χ1v) is 4.07. The van der Waals surface area contributed by atoms with Crippen molar-refractivity contribution < 1.29 is 9.92 Å². The molecule has 70 valence electrons. The van der Waals surface area contributed by atoms with Crippen molar-refractivity contribution in [2.24, 2.45) is 0 Å². The third-order valence-electron chi connectivity index (χ3n) is 1.90. The average Bonchev–Trinajstić information content (AvgIpc) is 2.17. The van der Waals surface area contributed by atoms with E-state index in [2.05, 4.69) is 4.84 Å². The van der Waals surface area contributed by atoms with Gasteiger partial charge >= 0.3 is 0 Å². The van der Waals surface area contributed by atoms with Crippen LogP contribution in [-0.4, -0.2) is 5.09 Å². The fraction of sp³-hybridized carbons (Fsp3) is 0. The van der Waals surface area contributed by atoms with Crippen molar-refractivity contribution in [2.75, 3.05) is 0 Å². The van der Waals surface area contributed by atoms with Gasteiger partial charge in [0.15, 0.2) is 0 Å². The topological polar surface area (TPSA) is 52.4 Å². The summed E-state index contributed by atoms with van der Waals surface area (Å²) in [5.41, 5.74) is 0. The minimum absolute atomic E-state index is 0.244. The summed E-state index contributed by atoms with van der Waals surface area (Å²) in [5.74, 6) is 0.244. The van der Waals surface area contributed by atoms with Crippen molar-refractivity contribution >= 4 is 10.8 Å². The van der Waals surface area contributed by atoms with Crippen LogP contribution in [0.2, 0.25) is 0 Å². The molecule has 0 saturated carbocycles. The van der Waals surface area contributed by atoms with Crippen LogP contribution in [0.3, 0.4) is 0 Å². The third-order valence-corrected chi connectivity index (χ3v) is 1.90. The zero-order valence-electron chi connectivity index (χ0n) is 7.21. The summed E-state index contributed by atoms with van der Waals surface area (Å²) in [7, 11) is 0. The molecular weight excluding hydrogens is 182 g/mol. The fourth-order valence-corrected chi connectivity index (χ4v) is 1.31. The first-order chi connectivity index (χ1) is 6.75. The molecule has 0 spiro atoms. The van der Waals surface area contributed by atoms with Gasteiger partial charge < -0.3 is 0 Å². The normalized spacial score (nSPS) is 10.0. The minimum atomic E-state index is -0.815. The van der Waals surface area contributed by atoms with E-state index in [0.717, 1.165) is 10.8 Å². The molecule has 2 aromatic rings. The molecular formula is C10H7NO3. The van der Waals surface area contributed by atoms with Crippen LogP contribution in [0.5, 0.6) is 5.75 Å². The minimum Gasteiger partial charge on any atom is -0.276 e. The maximum absolute atomic E-state index is 10.1. The first-order valence-electron chi connectivity index (χ1n) is 4.07. The molecule has 2 aromatic carbocycles. The van der Waals surface area contributed by atoms with Gasteiger partial charge in [-0.2, -0.15) is 0 Å². The summed E-state index contributed by atoms with van der Waals surface area (Å²) in [5, 5.41) is 11.2. The van der Waals surface area contributed by atoms with E-state index in [-0.39, 0.29) is 5.75 Å².